The predicted octanol–water partition coefficient (Wildman–Crippen LogP) is 5.14. The molecule has 3 aromatic rings. The standard InChI is InChI=1S/C26H33N3O2/c1-19-16-23(28-26(17-19)29-20(2)10-11-21(29)3)9-5-6-14-27-15-7-8-22-12-13-24(30)25(18-22)31-4/h7-8,10-13,16-18,27,30H,5-6,9,14-15H2,1-4H3. The molecular weight excluding hydrogens is 386 g/mol. The first kappa shape index (κ1) is 22.6. The van der Waals surface area contributed by atoms with Gasteiger partial charge in [-0.25, -0.2) is 4.98 Å². The molecule has 0 saturated heterocycles. The van der Waals surface area contributed by atoms with Crippen LogP contribution in [-0.2, 0) is 6.42 Å². The van der Waals surface area contributed by atoms with Crippen molar-refractivity contribution in [3.8, 4) is 17.3 Å². The number of nitrogens with zero attached hydrogens (tertiary/aromatic N) is 2. The fourth-order valence-electron chi connectivity index (χ4n) is 3.73. The van der Waals surface area contributed by atoms with Crippen LogP contribution in [-0.4, -0.2) is 34.9 Å². The predicted molar refractivity (Wildman–Crippen MR) is 127 cm³/mol. The molecule has 0 unspecified atom stereocenters. The van der Waals surface area contributed by atoms with E-state index >= 15 is 0 Å². The number of rotatable bonds is 10. The SMILES string of the molecule is COc1cc(C=CCNCCCCc2cc(C)cc(-n3c(C)ccc3C)n2)ccc1O. The van der Waals surface area contributed by atoms with Crippen molar-refractivity contribution in [1.82, 2.24) is 14.9 Å². The number of aromatic hydroxyl groups is 1. The van der Waals surface area contributed by atoms with Crippen LogP contribution >= 0.6 is 0 Å². The van der Waals surface area contributed by atoms with E-state index in [0.717, 1.165) is 49.4 Å². The van der Waals surface area contributed by atoms with Crippen molar-refractivity contribution in [3.05, 3.63) is 76.7 Å². The Morgan fingerprint density at radius 3 is 2.55 bits per heavy atom. The van der Waals surface area contributed by atoms with Crippen molar-refractivity contribution < 1.29 is 9.84 Å². The Labute approximate surface area is 185 Å². The smallest absolute Gasteiger partial charge is 0.161 e. The molecule has 0 aliphatic heterocycles. The van der Waals surface area contributed by atoms with Crippen LogP contribution in [0.1, 0.15) is 41.1 Å². The maximum Gasteiger partial charge on any atom is 0.161 e. The largest absolute Gasteiger partial charge is 0.504 e. The van der Waals surface area contributed by atoms with Gasteiger partial charge in [0.2, 0.25) is 0 Å². The summed E-state index contributed by atoms with van der Waals surface area (Å²) < 4.78 is 7.35. The summed E-state index contributed by atoms with van der Waals surface area (Å²) in [5.41, 5.74) is 5.84. The van der Waals surface area contributed by atoms with E-state index in [1.807, 2.05) is 18.2 Å². The molecule has 0 amide bonds. The third kappa shape index (κ3) is 6.22. The van der Waals surface area contributed by atoms with E-state index in [9.17, 15) is 5.11 Å². The highest BCUT2D eigenvalue weighted by Crippen LogP contribution is 2.26. The van der Waals surface area contributed by atoms with Gasteiger partial charge in [0.05, 0.1) is 7.11 Å². The quantitative estimate of drug-likeness (QED) is 0.447. The zero-order valence-electron chi connectivity index (χ0n) is 19.0. The van der Waals surface area contributed by atoms with Gasteiger partial charge in [0, 0.05) is 23.6 Å². The Balaban J connectivity index is 1.42. The highest BCUT2D eigenvalue weighted by atomic mass is 16.5. The van der Waals surface area contributed by atoms with E-state index in [4.69, 9.17) is 9.72 Å². The van der Waals surface area contributed by atoms with E-state index in [1.54, 1.807) is 13.2 Å². The maximum atomic E-state index is 9.64. The second-order valence-electron chi connectivity index (χ2n) is 7.94. The molecule has 2 N–H and O–H groups in total. The van der Waals surface area contributed by atoms with Crippen LogP contribution in [0.3, 0.4) is 0 Å². The minimum absolute atomic E-state index is 0.159. The minimum Gasteiger partial charge on any atom is -0.504 e. The normalized spacial score (nSPS) is 11.4. The molecule has 0 bridgehead atoms. The average molecular weight is 420 g/mol. The summed E-state index contributed by atoms with van der Waals surface area (Å²) in [6.45, 7) is 8.16. The summed E-state index contributed by atoms with van der Waals surface area (Å²) in [6, 6.07) is 14.0. The molecule has 2 heterocycles. The van der Waals surface area contributed by atoms with Gasteiger partial charge in [-0.1, -0.05) is 18.2 Å². The first-order chi connectivity index (χ1) is 15.0. The molecule has 2 aromatic heterocycles. The minimum atomic E-state index is 0.159. The molecule has 5 nitrogen and oxygen atoms in total. The lowest BCUT2D eigenvalue weighted by molar-refractivity contribution is 0.373. The molecule has 0 spiro atoms. The molecule has 0 fully saturated rings. The average Bonchev–Trinajstić information content (AvgIpc) is 3.08. The van der Waals surface area contributed by atoms with E-state index in [1.165, 1.54) is 17.0 Å². The van der Waals surface area contributed by atoms with Crippen LogP contribution in [0.5, 0.6) is 11.5 Å². The van der Waals surface area contributed by atoms with Gasteiger partial charge in [0.1, 0.15) is 5.82 Å². The van der Waals surface area contributed by atoms with Crippen molar-refractivity contribution in [3.63, 3.8) is 0 Å². The number of unbranched alkanes of at least 4 members (excludes halogenated alkanes) is 1. The number of hydrogen-bond donors (Lipinski definition) is 2. The van der Waals surface area contributed by atoms with Gasteiger partial charge in [-0.3, -0.25) is 0 Å². The first-order valence-electron chi connectivity index (χ1n) is 10.8. The number of phenols is 1. The molecular formula is C26H33N3O2. The van der Waals surface area contributed by atoms with Crippen molar-refractivity contribution >= 4 is 6.08 Å². The summed E-state index contributed by atoms with van der Waals surface area (Å²) in [4.78, 5) is 4.90. The van der Waals surface area contributed by atoms with Crippen LogP contribution in [0.25, 0.3) is 11.9 Å². The summed E-state index contributed by atoms with van der Waals surface area (Å²) in [5.74, 6) is 1.67. The molecule has 5 heteroatoms. The monoisotopic (exact) mass is 419 g/mol. The fraction of sp³-hybridized carbons (Fsp3) is 0.346. The third-order valence-corrected chi connectivity index (χ3v) is 5.32. The number of methoxy groups -OCH3 is 1. The molecule has 0 aliphatic carbocycles. The topological polar surface area (TPSA) is 59.3 Å². The van der Waals surface area contributed by atoms with Crippen LogP contribution < -0.4 is 10.1 Å². The molecule has 31 heavy (non-hydrogen) atoms. The fourth-order valence-corrected chi connectivity index (χ4v) is 3.73. The highest BCUT2D eigenvalue weighted by molar-refractivity contribution is 5.55. The van der Waals surface area contributed by atoms with E-state index in [-0.39, 0.29) is 5.75 Å². The number of phenolic OH excluding ortho intramolecular Hbond substituents is 1. The van der Waals surface area contributed by atoms with Crippen LogP contribution in [0.2, 0.25) is 0 Å². The number of pyridine rings is 1. The van der Waals surface area contributed by atoms with Crippen LogP contribution in [0.4, 0.5) is 0 Å². The molecule has 164 valence electrons. The van der Waals surface area contributed by atoms with Gasteiger partial charge in [-0.2, -0.15) is 0 Å². The Bertz CT molecular complexity index is 1020. The number of hydrogen-bond acceptors (Lipinski definition) is 4. The van der Waals surface area contributed by atoms with E-state index in [0.29, 0.717) is 5.75 Å². The lowest BCUT2D eigenvalue weighted by Crippen LogP contribution is -2.15. The van der Waals surface area contributed by atoms with Gasteiger partial charge in [0.25, 0.3) is 0 Å². The highest BCUT2D eigenvalue weighted by Gasteiger charge is 2.07. The molecule has 0 aliphatic rings. The maximum absolute atomic E-state index is 9.64. The van der Waals surface area contributed by atoms with Gasteiger partial charge in [-0.05, 0) is 94.1 Å². The van der Waals surface area contributed by atoms with Crippen molar-refractivity contribution in [1.29, 1.82) is 0 Å². The lowest BCUT2D eigenvalue weighted by atomic mass is 10.1. The van der Waals surface area contributed by atoms with Gasteiger partial charge in [-0.15, -0.1) is 0 Å². The Morgan fingerprint density at radius 1 is 1.03 bits per heavy atom. The Morgan fingerprint density at radius 2 is 1.81 bits per heavy atom. The first-order valence-corrected chi connectivity index (χ1v) is 10.8. The van der Waals surface area contributed by atoms with E-state index in [2.05, 4.69) is 61.0 Å². The van der Waals surface area contributed by atoms with Crippen LogP contribution in [0, 0.1) is 20.8 Å². The van der Waals surface area contributed by atoms with Crippen LogP contribution in [0.15, 0.2) is 48.5 Å². The second-order valence-corrected chi connectivity index (χ2v) is 7.94. The molecule has 1 aromatic carbocycles. The summed E-state index contributed by atoms with van der Waals surface area (Å²) >= 11 is 0. The third-order valence-electron chi connectivity index (χ3n) is 5.32. The summed E-state index contributed by atoms with van der Waals surface area (Å²) in [7, 11) is 1.56. The van der Waals surface area contributed by atoms with Gasteiger partial charge in [0.15, 0.2) is 11.5 Å². The Kier molecular flexibility index (Phi) is 7.90. The summed E-state index contributed by atoms with van der Waals surface area (Å²) in [5, 5.41) is 13.1. The Hall–Kier alpha value is -3.05. The van der Waals surface area contributed by atoms with Gasteiger partial charge < -0.3 is 19.7 Å². The molecule has 0 atom stereocenters. The molecule has 0 radical (unpaired) electrons. The van der Waals surface area contributed by atoms with Crippen molar-refractivity contribution in [2.45, 2.75) is 40.0 Å². The lowest BCUT2D eigenvalue weighted by Gasteiger charge is -2.12. The number of ether oxygens (including phenoxy) is 1. The van der Waals surface area contributed by atoms with E-state index < -0.39 is 0 Å². The number of nitrogens with one attached hydrogen (secondary N) is 1. The van der Waals surface area contributed by atoms with Gasteiger partial charge >= 0.3 is 0 Å². The number of aryl methyl sites for hydroxylation is 4. The van der Waals surface area contributed by atoms with Crippen molar-refractivity contribution in [2.24, 2.45) is 0 Å². The molecule has 0 saturated carbocycles. The molecule has 3 rings (SSSR count). The number of benzene rings is 1. The summed E-state index contributed by atoms with van der Waals surface area (Å²) in [6.07, 6.45) is 7.30. The number of aromatic nitrogens is 2. The van der Waals surface area contributed by atoms with Crippen molar-refractivity contribution in [2.75, 3.05) is 20.2 Å². The zero-order valence-corrected chi connectivity index (χ0v) is 19.0. The second kappa shape index (κ2) is 10.8. The zero-order chi connectivity index (χ0) is 22.2.